The van der Waals surface area contributed by atoms with E-state index in [-0.39, 0.29) is 12.0 Å². The minimum absolute atomic E-state index is 0.0374. The van der Waals surface area contributed by atoms with Gasteiger partial charge in [-0.05, 0) is 30.7 Å². The number of hydrogen-bond acceptors (Lipinski definition) is 5. The third-order valence-corrected chi connectivity index (χ3v) is 5.81. The molecule has 3 heterocycles. The Bertz CT molecular complexity index is 895. The molecule has 0 saturated carbocycles. The Labute approximate surface area is 180 Å². The summed E-state index contributed by atoms with van der Waals surface area (Å²) in [6.45, 7) is 6.03. The average molecular weight is 436 g/mol. The van der Waals surface area contributed by atoms with Gasteiger partial charge in [0.1, 0.15) is 11.1 Å². The number of halogens is 2. The number of carbonyl (C=O) groups is 1. The van der Waals surface area contributed by atoms with Crippen LogP contribution >= 0.6 is 23.2 Å². The van der Waals surface area contributed by atoms with E-state index in [2.05, 4.69) is 16.8 Å². The highest BCUT2D eigenvalue weighted by atomic mass is 35.5. The summed E-state index contributed by atoms with van der Waals surface area (Å²) in [7, 11) is 0. The van der Waals surface area contributed by atoms with Crippen molar-refractivity contribution in [2.45, 2.75) is 19.4 Å². The normalized spacial score (nSPS) is 19.5. The van der Waals surface area contributed by atoms with Gasteiger partial charge in [-0.15, -0.1) is 0 Å². The Balaban J connectivity index is 1.39. The molecule has 2 aliphatic heterocycles. The first kappa shape index (κ1) is 20.3. The molecule has 0 N–H and O–H groups in total. The number of amides is 1. The first-order valence-electron chi connectivity index (χ1n) is 9.71. The highest BCUT2D eigenvalue weighted by molar-refractivity contribution is 6.32. The molecule has 2 saturated heterocycles. The summed E-state index contributed by atoms with van der Waals surface area (Å²) in [5, 5.41) is 1.06. The lowest BCUT2D eigenvalue weighted by Crippen LogP contribution is -2.49. The van der Waals surface area contributed by atoms with E-state index in [9.17, 15) is 4.79 Å². The van der Waals surface area contributed by atoms with E-state index in [0.29, 0.717) is 42.8 Å². The standard InChI is InChI=1S/C21H23Cl2N3O3/c1-14-2-3-16(22)11-19(14)25-5-7-26(8-6-25)21(27)15-10-18(23)20(24-12-15)29-17-4-9-28-13-17/h2-3,10-12,17H,4-9,13H2,1H3/t17-/m0/s1. The predicted molar refractivity (Wildman–Crippen MR) is 113 cm³/mol. The Morgan fingerprint density at radius 1 is 1.21 bits per heavy atom. The third-order valence-electron chi connectivity index (χ3n) is 5.30. The van der Waals surface area contributed by atoms with Crippen LogP contribution in [0.5, 0.6) is 5.88 Å². The Hall–Kier alpha value is -2.02. The molecule has 2 aromatic rings. The van der Waals surface area contributed by atoms with Gasteiger partial charge >= 0.3 is 0 Å². The fourth-order valence-electron chi connectivity index (χ4n) is 3.65. The molecule has 0 unspecified atom stereocenters. The average Bonchev–Trinajstić information content (AvgIpc) is 3.24. The van der Waals surface area contributed by atoms with Crippen LogP contribution in [0.2, 0.25) is 10.0 Å². The maximum absolute atomic E-state index is 12.9. The molecule has 1 atom stereocenters. The molecule has 1 aromatic heterocycles. The summed E-state index contributed by atoms with van der Waals surface area (Å²) in [4.78, 5) is 21.2. The quantitative estimate of drug-likeness (QED) is 0.730. The lowest BCUT2D eigenvalue weighted by molar-refractivity contribution is 0.0746. The molecule has 8 heteroatoms. The van der Waals surface area contributed by atoms with E-state index >= 15 is 0 Å². The Kier molecular flexibility index (Phi) is 6.13. The van der Waals surface area contributed by atoms with Crippen molar-refractivity contribution in [3.05, 3.63) is 51.6 Å². The van der Waals surface area contributed by atoms with E-state index in [1.54, 1.807) is 6.07 Å². The third kappa shape index (κ3) is 4.60. The lowest BCUT2D eigenvalue weighted by atomic mass is 10.1. The SMILES string of the molecule is Cc1ccc(Cl)cc1N1CCN(C(=O)c2cnc(O[C@H]3CCOC3)c(Cl)c2)CC1. The first-order valence-corrected chi connectivity index (χ1v) is 10.5. The van der Waals surface area contributed by atoms with Crippen molar-refractivity contribution in [1.29, 1.82) is 0 Å². The highest BCUT2D eigenvalue weighted by Crippen LogP contribution is 2.27. The van der Waals surface area contributed by atoms with Gasteiger partial charge < -0.3 is 19.3 Å². The Morgan fingerprint density at radius 3 is 2.69 bits per heavy atom. The molecule has 1 amide bonds. The molecule has 0 spiro atoms. The number of aromatic nitrogens is 1. The molecule has 2 fully saturated rings. The molecule has 0 aliphatic carbocycles. The van der Waals surface area contributed by atoms with Crippen LogP contribution in [0.1, 0.15) is 22.3 Å². The first-order chi connectivity index (χ1) is 14.0. The number of pyridine rings is 1. The van der Waals surface area contributed by atoms with E-state index in [1.807, 2.05) is 23.1 Å². The summed E-state index contributed by atoms with van der Waals surface area (Å²) < 4.78 is 11.1. The molecule has 6 nitrogen and oxygen atoms in total. The smallest absolute Gasteiger partial charge is 0.255 e. The second-order valence-corrected chi connectivity index (χ2v) is 8.17. The van der Waals surface area contributed by atoms with E-state index in [1.165, 1.54) is 11.8 Å². The van der Waals surface area contributed by atoms with Gasteiger partial charge in [-0.3, -0.25) is 4.79 Å². The van der Waals surface area contributed by atoms with Crippen LogP contribution in [0.15, 0.2) is 30.5 Å². The zero-order valence-corrected chi connectivity index (χ0v) is 17.7. The van der Waals surface area contributed by atoms with Gasteiger partial charge in [0.05, 0.1) is 18.8 Å². The van der Waals surface area contributed by atoms with Crippen molar-refractivity contribution in [2.75, 3.05) is 44.3 Å². The van der Waals surface area contributed by atoms with E-state index in [0.717, 1.165) is 30.2 Å². The van der Waals surface area contributed by atoms with Crippen molar-refractivity contribution in [2.24, 2.45) is 0 Å². The van der Waals surface area contributed by atoms with Crippen molar-refractivity contribution in [3.8, 4) is 5.88 Å². The maximum atomic E-state index is 12.9. The van der Waals surface area contributed by atoms with Crippen molar-refractivity contribution in [3.63, 3.8) is 0 Å². The van der Waals surface area contributed by atoms with Gasteiger partial charge in [0.2, 0.25) is 5.88 Å². The fraction of sp³-hybridized carbons (Fsp3) is 0.429. The summed E-state index contributed by atoms with van der Waals surface area (Å²) in [5.74, 6) is 0.276. The molecular formula is C21H23Cl2N3O3. The summed E-state index contributed by atoms with van der Waals surface area (Å²) >= 11 is 12.5. The zero-order chi connectivity index (χ0) is 20.4. The van der Waals surface area contributed by atoms with Gasteiger partial charge in [-0.1, -0.05) is 29.3 Å². The van der Waals surface area contributed by atoms with Crippen LogP contribution in [0.3, 0.4) is 0 Å². The Morgan fingerprint density at radius 2 is 2.00 bits per heavy atom. The number of carbonyl (C=O) groups excluding carboxylic acids is 1. The van der Waals surface area contributed by atoms with Crippen LogP contribution in [-0.2, 0) is 4.74 Å². The maximum Gasteiger partial charge on any atom is 0.255 e. The monoisotopic (exact) mass is 435 g/mol. The van der Waals surface area contributed by atoms with Crippen molar-refractivity contribution >= 4 is 34.8 Å². The predicted octanol–water partition coefficient (Wildman–Crippen LogP) is 3.83. The molecule has 1 aromatic carbocycles. The number of rotatable bonds is 4. The second-order valence-electron chi connectivity index (χ2n) is 7.32. The van der Waals surface area contributed by atoms with Crippen LogP contribution in [0.25, 0.3) is 0 Å². The van der Waals surface area contributed by atoms with Gasteiger partial charge in [-0.2, -0.15) is 0 Å². The molecule has 0 radical (unpaired) electrons. The van der Waals surface area contributed by atoms with Gasteiger partial charge in [0.15, 0.2) is 0 Å². The molecule has 154 valence electrons. The number of aryl methyl sites for hydroxylation is 1. The molecule has 4 rings (SSSR count). The fourth-order valence-corrected chi connectivity index (χ4v) is 4.03. The van der Waals surface area contributed by atoms with Crippen LogP contribution < -0.4 is 9.64 Å². The lowest BCUT2D eigenvalue weighted by Gasteiger charge is -2.37. The highest BCUT2D eigenvalue weighted by Gasteiger charge is 2.25. The number of hydrogen-bond donors (Lipinski definition) is 0. The number of anilines is 1. The second kappa shape index (κ2) is 8.78. The number of benzene rings is 1. The minimum Gasteiger partial charge on any atom is -0.471 e. The number of nitrogens with zero attached hydrogens (tertiary/aromatic N) is 3. The number of piperazine rings is 1. The number of ether oxygens (including phenoxy) is 2. The van der Waals surface area contributed by atoms with E-state index < -0.39 is 0 Å². The van der Waals surface area contributed by atoms with E-state index in [4.69, 9.17) is 32.7 Å². The van der Waals surface area contributed by atoms with Crippen LogP contribution in [-0.4, -0.2) is 61.3 Å². The summed E-state index contributed by atoms with van der Waals surface area (Å²) in [6.07, 6.45) is 2.31. The zero-order valence-electron chi connectivity index (χ0n) is 16.2. The molecule has 2 aliphatic rings. The summed E-state index contributed by atoms with van der Waals surface area (Å²) in [5.41, 5.74) is 2.76. The summed E-state index contributed by atoms with van der Waals surface area (Å²) in [6, 6.07) is 7.52. The van der Waals surface area contributed by atoms with Crippen LogP contribution in [0.4, 0.5) is 5.69 Å². The van der Waals surface area contributed by atoms with Gasteiger partial charge in [-0.25, -0.2) is 4.98 Å². The van der Waals surface area contributed by atoms with Crippen LogP contribution in [0, 0.1) is 6.92 Å². The largest absolute Gasteiger partial charge is 0.471 e. The topological polar surface area (TPSA) is 54.9 Å². The van der Waals surface area contributed by atoms with Gasteiger partial charge in [0.25, 0.3) is 5.91 Å². The van der Waals surface area contributed by atoms with Crippen molar-refractivity contribution < 1.29 is 14.3 Å². The van der Waals surface area contributed by atoms with Crippen molar-refractivity contribution in [1.82, 2.24) is 9.88 Å². The molecular weight excluding hydrogens is 413 g/mol. The molecule has 0 bridgehead atoms. The molecule has 29 heavy (non-hydrogen) atoms. The van der Waals surface area contributed by atoms with Gasteiger partial charge in [0, 0.05) is 49.5 Å². The minimum atomic E-state index is -0.0717.